The zero-order valence-corrected chi connectivity index (χ0v) is 15.6. The molecule has 1 aromatic heterocycles. The van der Waals surface area contributed by atoms with Gasteiger partial charge in [0.05, 0.1) is 4.88 Å². The minimum Gasteiger partial charge on any atom is -0.343 e. The van der Waals surface area contributed by atoms with Gasteiger partial charge in [-0.1, -0.05) is 6.92 Å². The Hall–Kier alpha value is -1.89. The van der Waals surface area contributed by atoms with Crippen LogP contribution in [-0.4, -0.2) is 35.7 Å². The van der Waals surface area contributed by atoms with E-state index in [9.17, 15) is 14.4 Å². The van der Waals surface area contributed by atoms with Gasteiger partial charge >= 0.3 is 0 Å². The summed E-state index contributed by atoms with van der Waals surface area (Å²) in [5.74, 6) is 0.128. The maximum atomic E-state index is 12.3. The van der Waals surface area contributed by atoms with Crippen LogP contribution in [0, 0.1) is 11.8 Å². The van der Waals surface area contributed by atoms with Gasteiger partial charge in [0, 0.05) is 30.8 Å². The molecule has 3 rings (SSSR count). The number of piperidine rings is 1. The maximum Gasteiger partial charge on any atom is 0.279 e. The number of likely N-dealkylation sites (tertiary alicyclic amines) is 1. The minimum atomic E-state index is -0.249. The molecule has 1 fully saturated rings. The summed E-state index contributed by atoms with van der Waals surface area (Å²) in [7, 11) is 0. The lowest BCUT2D eigenvalue weighted by Gasteiger charge is -2.30. The van der Waals surface area contributed by atoms with Crippen molar-refractivity contribution in [2.24, 2.45) is 11.8 Å². The van der Waals surface area contributed by atoms with Crippen LogP contribution in [0.4, 0.5) is 0 Å². The third-order valence-electron chi connectivity index (χ3n) is 5.16. The Morgan fingerprint density at radius 3 is 2.56 bits per heavy atom. The Bertz CT molecular complexity index is 677. The maximum absolute atomic E-state index is 12.3. The lowest BCUT2D eigenvalue weighted by molar-refractivity contribution is -0.134. The van der Waals surface area contributed by atoms with Crippen LogP contribution in [0.5, 0.6) is 0 Å². The monoisotopic (exact) mass is 363 g/mol. The van der Waals surface area contributed by atoms with Crippen molar-refractivity contribution in [3.8, 4) is 0 Å². The number of carbonyl (C=O) groups excluding carboxylic acids is 3. The summed E-state index contributed by atoms with van der Waals surface area (Å²) < 4.78 is 0. The third kappa shape index (κ3) is 4.21. The molecule has 2 N–H and O–H groups in total. The average Bonchev–Trinajstić information content (AvgIpc) is 3.02. The molecule has 1 unspecified atom stereocenters. The predicted octanol–water partition coefficient (Wildman–Crippen LogP) is 1.89. The summed E-state index contributed by atoms with van der Waals surface area (Å²) in [6.07, 6.45) is 4.50. The number of aryl methyl sites for hydroxylation is 1. The number of nitrogens with one attached hydrogen (secondary N) is 2. The van der Waals surface area contributed by atoms with Crippen LogP contribution in [-0.2, 0) is 22.4 Å². The highest BCUT2D eigenvalue weighted by atomic mass is 32.1. The van der Waals surface area contributed by atoms with Crippen molar-refractivity contribution in [3.63, 3.8) is 0 Å². The van der Waals surface area contributed by atoms with Gasteiger partial charge in [0.1, 0.15) is 0 Å². The fraction of sp³-hybridized carbons (Fsp3) is 0.611. The molecule has 0 aromatic carbocycles. The van der Waals surface area contributed by atoms with Gasteiger partial charge in [0.25, 0.3) is 5.91 Å². The van der Waals surface area contributed by atoms with E-state index in [1.807, 2.05) is 6.07 Å². The van der Waals surface area contributed by atoms with Gasteiger partial charge in [0.2, 0.25) is 11.8 Å². The molecule has 0 radical (unpaired) electrons. The van der Waals surface area contributed by atoms with Gasteiger partial charge in [-0.3, -0.25) is 25.2 Å². The lowest BCUT2D eigenvalue weighted by atomic mass is 9.90. The summed E-state index contributed by atoms with van der Waals surface area (Å²) in [6.45, 7) is 4.97. The highest BCUT2D eigenvalue weighted by Gasteiger charge is 2.26. The highest BCUT2D eigenvalue weighted by Crippen LogP contribution is 2.32. The minimum absolute atomic E-state index is 0.0446. The Morgan fingerprint density at radius 2 is 1.88 bits per heavy atom. The number of rotatable bonds is 2. The first-order valence-corrected chi connectivity index (χ1v) is 9.73. The summed E-state index contributed by atoms with van der Waals surface area (Å²) in [5.41, 5.74) is 6.37. The Kier molecular flexibility index (Phi) is 5.42. The number of hydrogen-bond donors (Lipinski definition) is 2. The molecular formula is C18H25N3O3S. The molecule has 6 nitrogen and oxygen atoms in total. The number of hydrazine groups is 1. The van der Waals surface area contributed by atoms with Crippen molar-refractivity contribution in [2.75, 3.05) is 13.1 Å². The molecular weight excluding hydrogens is 338 g/mol. The van der Waals surface area contributed by atoms with E-state index in [0.717, 1.165) is 12.8 Å². The molecule has 136 valence electrons. The fourth-order valence-corrected chi connectivity index (χ4v) is 4.66. The highest BCUT2D eigenvalue weighted by molar-refractivity contribution is 7.14. The average molecular weight is 363 g/mol. The van der Waals surface area contributed by atoms with Gasteiger partial charge in [-0.05, 0) is 49.7 Å². The van der Waals surface area contributed by atoms with Crippen molar-refractivity contribution in [3.05, 3.63) is 21.4 Å². The van der Waals surface area contributed by atoms with Gasteiger partial charge in [-0.15, -0.1) is 11.3 Å². The second-order valence-electron chi connectivity index (χ2n) is 7.13. The molecule has 1 saturated heterocycles. The lowest BCUT2D eigenvalue weighted by Crippen LogP contribution is -2.47. The van der Waals surface area contributed by atoms with Crippen molar-refractivity contribution >= 4 is 29.1 Å². The van der Waals surface area contributed by atoms with Crippen molar-refractivity contribution in [2.45, 2.75) is 46.0 Å². The number of hydrogen-bond acceptors (Lipinski definition) is 4. The van der Waals surface area contributed by atoms with E-state index in [4.69, 9.17) is 0 Å². The number of amides is 3. The molecule has 1 aliphatic carbocycles. The van der Waals surface area contributed by atoms with Crippen LogP contribution in [0.2, 0.25) is 0 Å². The van der Waals surface area contributed by atoms with E-state index in [2.05, 4.69) is 17.8 Å². The van der Waals surface area contributed by atoms with Gasteiger partial charge in [0.15, 0.2) is 0 Å². The summed E-state index contributed by atoms with van der Waals surface area (Å²) >= 11 is 1.53. The third-order valence-corrected chi connectivity index (χ3v) is 6.40. The molecule has 2 aliphatic rings. The van der Waals surface area contributed by atoms with Crippen LogP contribution in [0.3, 0.4) is 0 Å². The Labute approximate surface area is 151 Å². The normalized spacial score (nSPS) is 20.7. The molecule has 2 heterocycles. The second kappa shape index (κ2) is 7.56. The van der Waals surface area contributed by atoms with Gasteiger partial charge in [-0.2, -0.15) is 0 Å². The largest absolute Gasteiger partial charge is 0.343 e. The first-order chi connectivity index (χ1) is 11.9. The van der Waals surface area contributed by atoms with Crippen LogP contribution < -0.4 is 10.9 Å². The topological polar surface area (TPSA) is 78.5 Å². The molecule has 0 bridgehead atoms. The zero-order chi connectivity index (χ0) is 18.0. The first kappa shape index (κ1) is 17.9. The van der Waals surface area contributed by atoms with E-state index in [1.54, 1.807) is 11.8 Å². The predicted molar refractivity (Wildman–Crippen MR) is 96.1 cm³/mol. The Morgan fingerprint density at radius 1 is 1.16 bits per heavy atom. The smallest absolute Gasteiger partial charge is 0.279 e. The Balaban J connectivity index is 1.49. The van der Waals surface area contributed by atoms with Crippen LogP contribution in [0.1, 0.15) is 53.2 Å². The number of carbonyl (C=O) groups is 3. The second-order valence-corrected chi connectivity index (χ2v) is 8.27. The molecule has 0 spiro atoms. The van der Waals surface area contributed by atoms with Crippen LogP contribution >= 0.6 is 11.3 Å². The van der Waals surface area contributed by atoms with Crippen LogP contribution in [0.25, 0.3) is 0 Å². The fourth-order valence-electron chi connectivity index (χ4n) is 3.56. The van der Waals surface area contributed by atoms with E-state index in [1.165, 1.54) is 28.2 Å². The van der Waals surface area contributed by atoms with Gasteiger partial charge < -0.3 is 4.90 Å². The molecule has 7 heteroatoms. The van der Waals surface area contributed by atoms with Crippen molar-refractivity contribution in [1.82, 2.24) is 15.8 Å². The molecule has 0 saturated carbocycles. The van der Waals surface area contributed by atoms with E-state index < -0.39 is 0 Å². The number of nitrogens with zero attached hydrogens (tertiary/aromatic N) is 1. The quantitative estimate of drug-likeness (QED) is 0.788. The SMILES string of the molecule is CC(=O)N1CCC(C(=O)NNC(=O)c2cc3c(s2)CCC(C)C3)CC1. The molecule has 1 atom stereocenters. The molecule has 25 heavy (non-hydrogen) atoms. The van der Waals surface area contributed by atoms with E-state index in [0.29, 0.717) is 36.7 Å². The van der Waals surface area contributed by atoms with Crippen LogP contribution in [0.15, 0.2) is 6.07 Å². The molecule has 1 aliphatic heterocycles. The summed E-state index contributed by atoms with van der Waals surface area (Å²) in [5, 5.41) is 0. The van der Waals surface area contributed by atoms with Crippen molar-refractivity contribution in [1.29, 1.82) is 0 Å². The molecule has 1 aromatic rings. The van der Waals surface area contributed by atoms with E-state index in [-0.39, 0.29) is 23.6 Å². The van der Waals surface area contributed by atoms with Crippen molar-refractivity contribution < 1.29 is 14.4 Å². The standard InChI is InChI=1S/C18H25N3O3S/c1-11-3-4-15-14(9-11)10-16(25-15)18(24)20-19-17(23)13-5-7-21(8-6-13)12(2)22/h10-11,13H,3-9H2,1-2H3,(H,19,23)(H,20,24). The molecule has 3 amide bonds. The number of fused-ring (bicyclic) bond motifs is 1. The van der Waals surface area contributed by atoms with Gasteiger partial charge in [-0.25, -0.2) is 0 Å². The number of thiophene rings is 1. The van der Waals surface area contributed by atoms with E-state index >= 15 is 0 Å². The summed E-state index contributed by atoms with van der Waals surface area (Å²) in [4.78, 5) is 39.6. The summed E-state index contributed by atoms with van der Waals surface area (Å²) in [6, 6.07) is 1.96. The zero-order valence-electron chi connectivity index (χ0n) is 14.8. The first-order valence-electron chi connectivity index (χ1n) is 8.91.